The zero-order valence-corrected chi connectivity index (χ0v) is 21.3. The summed E-state index contributed by atoms with van der Waals surface area (Å²) in [6.07, 6.45) is 0.992. The number of hydrogen-bond donors (Lipinski definition) is 1. The van der Waals surface area contributed by atoms with Crippen LogP contribution in [0.4, 0.5) is 5.13 Å². The Kier molecular flexibility index (Phi) is 8.32. The number of amides is 1. The van der Waals surface area contributed by atoms with Crippen molar-refractivity contribution >= 4 is 38.3 Å². The maximum atomic E-state index is 12.3. The standard InChI is InChI=1S/C25H29BrN2O3S/c1-5-30-19-11-8-17(9-12-19)21-16-32-24(27-21)28-23(29)7-6-14-31-22-13-10-18(15-20(22)26)25(2,3)4/h8-13,15-16H,5-7,14H2,1-4H3,(H,27,28,29). The van der Waals surface area contributed by atoms with E-state index in [1.165, 1.54) is 16.9 Å². The molecule has 2 aromatic carbocycles. The van der Waals surface area contributed by atoms with Crippen molar-refractivity contribution in [2.24, 2.45) is 0 Å². The zero-order valence-electron chi connectivity index (χ0n) is 18.9. The predicted molar refractivity (Wildman–Crippen MR) is 135 cm³/mol. The SMILES string of the molecule is CCOc1ccc(-c2csc(NC(=O)CCCOc3ccc(C(C)(C)C)cc3Br)n2)cc1. The van der Waals surface area contributed by atoms with Gasteiger partial charge in [-0.25, -0.2) is 4.98 Å². The Balaban J connectivity index is 1.45. The second-order valence-electron chi connectivity index (χ2n) is 8.39. The number of hydrogen-bond acceptors (Lipinski definition) is 5. The molecular formula is C25H29BrN2O3S. The molecule has 7 heteroatoms. The van der Waals surface area contributed by atoms with Crippen LogP contribution in [0, 0.1) is 0 Å². The molecule has 3 rings (SSSR count). The molecular weight excluding hydrogens is 488 g/mol. The molecule has 0 saturated carbocycles. The van der Waals surface area contributed by atoms with E-state index in [0.29, 0.717) is 31.2 Å². The van der Waals surface area contributed by atoms with Gasteiger partial charge >= 0.3 is 0 Å². The fourth-order valence-electron chi connectivity index (χ4n) is 3.03. The van der Waals surface area contributed by atoms with E-state index in [4.69, 9.17) is 9.47 Å². The first-order valence-electron chi connectivity index (χ1n) is 10.7. The highest BCUT2D eigenvalue weighted by molar-refractivity contribution is 9.10. The quantitative estimate of drug-likeness (QED) is 0.309. The third-order valence-electron chi connectivity index (χ3n) is 4.82. The van der Waals surface area contributed by atoms with E-state index in [0.717, 1.165) is 27.2 Å². The molecule has 0 aliphatic carbocycles. The monoisotopic (exact) mass is 516 g/mol. The summed E-state index contributed by atoms with van der Waals surface area (Å²) in [5, 5.41) is 5.41. The van der Waals surface area contributed by atoms with E-state index in [9.17, 15) is 4.79 Å². The van der Waals surface area contributed by atoms with Crippen LogP contribution in [0.25, 0.3) is 11.3 Å². The molecule has 5 nitrogen and oxygen atoms in total. The van der Waals surface area contributed by atoms with Gasteiger partial charge in [-0.2, -0.15) is 0 Å². The number of rotatable bonds is 9. The lowest BCUT2D eigenvalue weighted by Gasteiger charge is -2.20. The third kappa shape index (κ3) is 6.81. The number of halogens is 1. The van der Waals surface area contributed by atoms with Gasteiger partial charge < -0.3 is 14.8 Å². The van der Waals surface area contributed by atoms with Crippen molar-refractivity contribution in [2.75, 3.05) is 18.5 Å². The number of thiazole rings is 1. The topological polar surface area (TPSA) is 60.5 Å². The molecule has 0 unspecified atom stereocenters. The summed E-state index contributed by atoms with van der Waals surface area (Å²) in [5.74, 6) is 1.56. The molecule has 1 heterocycles. The van der Waals surface area contributed by atoms with E-state index < -0.39 is 0 Å². The minimum absolute atomic E-state index is 0.0664. The van der Waals surface area contributed by atoms with Crippen LogP contribution in [-0.4, -0.2) is 24.1 Å². The largest absolute Gasteiger partial charge is 0.494 e. The van der Waals surface area contributed by atoms with Gasteiger partial charge in [0, 0.05) is 17.4 Å². The second-order valence-corrected chi connectivity index (χ2v) is 10.1. The first-order valence-corrected chi connectivity index (χ1v) is 12.3. The number of nitrogens with zero attached hydrogens (tertiary/aromatic N) is 1. The zero-order chi connectivity index (χ0) is 23.1. The Labute approximate surface area is 202 Å². The lowest BCUT2D eigenvalue weighted by molar-refractivity contribution is -0.116. The van der Waals surface area contributed by atoms with Crippen LogP contribution in [0.1, 0.15) is 46.1 Å². The molecule has 1 amide bonds. The van der Waals surface area contributed by atoms with Crippen molar-refractivity contribution in [3.8, 4) is 22.8 Å². The Morgan fingerprint density at radius 3 is 2.53 bits per heavy atom. The Bertz CT molecular complexity index is 1040. The second kappa shape index (κ2) is 11.0. The molecule has 0 fully saturated rings. The number of aromatic nitrogens is 1. The van der Waals surface area contributed by atoms with E-state index in [2.05, 4.69) is 59.1 Å². The van der Waals surface area contributed by atoms with Crippen molar-refractivity contribution in [3.05, 3.63) is 57.9 Å². The van der Waals surface area contributed by atoms with Crippen LogP contribution in [0.2, 0.25) is 0 Å². The predicted octanol–water partition coefficient (Wildman–Crippen LogP) is 7.07. The van der Waals surface area contributed by atoms with Gasteiger partial charge in [-0.3, -0.25) is 4.79 Å². The van der Waals surface area contributed by atoms with Gasteiger partial charge in [0.1, 0.15) is 11.5 Å². The van der Waals surface area contributed by atoms with Gasteiger partial charge in [0.2, 0.25) is 5.91 Å². The highest BCUT2D eigenvalue weighted by Gasteiger charge is 2.15. The van der Waals surface area contributed by atoms with Crippen molar-refractivity contribution in [2.45, 2.75) is 46.0 Å². The molecule has 32 heavy (non-hydrogen) atoms. The Hall–Kier alpha value is -2.38. The molecule has 0 radical (unpaired) electrons. The lowest BCUT2D eigenvalue weighted by Crippen LogP contribution is -2.13. The van der Waals surface area contributed by atoms with E-state index in [-0.39, 0.29) is 11.3 Å². The first kappa shape index (κ1) is 24.3. The van der Waals surface area contributed by atoms with Gasteiger partial charge in [-0.15, -0.1) is 11.3 Å². The summed E-state index contributed by atoms with van der Waals surface area (Å²) >= 11 is 5.00. The minimum atomic E-state index is -0.0664. The fourth-order valence-corrected chi connectivity index (χ4v) is 4.26. The van der Waals surface area contributed by atoms with Crippen LogP contribution >= 0.6 is 27.3 Å². The van der Waals surface area contributed by atoms with E-state index >= 15 is 0 Å². The molecule has 1 aromatic heterocycles. The van der Waals surface area contributed by atoms with E-state index in [1.54, 1.807) is 0 Å². The van der Waals surface area contributed by atoms with Crippen LogP contribution in [0.15, 0.2) is 52.3 Å². The summed E-state index contributed by atoms with van der Waals surface area (Å²) in [6, 6.07) is 13.9. The average molecular weight is 517 g/mol. The summed E-state index contributed by atoms with van der Waals surface area (Å²) in [7, 11) is 0. The Morgan fingerprint density at radius 2 is 1.88 bits per heavy atom. The molecule has 0 atom stereocenters. The number of anilines is 1. The van der Waals surface area contributed by atoms with Gasteiger partial charge in [0.15, 0.2) is 5.13 Å². The maximum Gasteiger partial charge on any atom is 0.226 e. The summed E-state index contributed by atoms with van der Waals surface area (Å²) < 4.78 is 12.2. The van der Waals surface area contributed by atoms with Crippen molar-refractivity contribution in [1.82, 2.24) is 4.98 Å². The van der Waals surface area contributed by atoms with Crippen LogP contribution in [0.5, 0.6) is 11.5 Å². The van der Waals surface area contributed by atoms with Crippen molar-refractivity contribution in [1.29, 1.82) is 0 Å². The number of benzene rings is 2. The molecule has 0 spiro atoms. The molecule has 0 aliphatic heterocycles. The smallest absolute Gasteiger partial charge is 0.226 e. The summed E-state index contributed by atoms with van der Waals surface area (Å²) in [4.78, 5) is 16.8. The number of ether oxygens (including phenoxy) is 2. The van der Waals surface area contributed by atoms with Crippen LogP contribution in [0.3, 0.4) is 0 Å². The molecule has 0 aliphatic rings. The normalized spacial score (nSPS) is 11.3. The van der Waals surface area contributed by atoms with E-state index in [1.807, 2.05) is 42.6 Å². The number of nitrogens with one attached hydrogen (secondary N) is 1. The summed E-state index contributed by atoms with van der Waals surface area (Å²) in [6.45, 7) is 9.60. The maximum absolute atomic E-state index is 12.3. The molecule has 1 N–H and O–H groups in total. The van der Waals surface area contributed by atoms with Gasteiger partial charge in [-0.1, -0.05) is 26.8 Å². The average Bonchev–Trinajstić information content (AvgIpc) is 3.20. The van der Waals surface area contributed by atoms with Crippen LogP contribution in [-0.2, 0) is 10.2 Å². The summed E-state index contributed by atoms with van der Waals surface area (Å²) in [5.41, 5.74) is 3.15. The number of carbonyl (C=O) groups is 1. The first-order chi connectivity index (χ1) is 15.3. The Morgan fingerprint density at radius 1 is 1.12 bits per heavy atom. The molecule has 0 bridgehead atoms. The third-order valence-corrected chi connectivity index (χ3v) is 6.19. The van der Waals surface area contributed by atoms with Crippen LogP contribution < -0.4 is 14.8 Å². The number of carbonyl (C=O) groups excluding carboxylic acids is 1. The van der Waals surface area contributed by atoms with Gasteiger partial charge in [0.25, 0.3) is 0 Å². The fraction of sp³-hybridized carbons (Fsp3) is 0.360. The lowest BCUT2D eigenvalue weighted by atomic mass is 9.87. The van der Waals surface area contributed by atoms with Crippen molar-refractivity contribution < 1.29 is 14.3 Å². The van der Waals surface area contributed by atoms with Crippen molar-refractivity contribution in [3.63, 3.8) is 0 Å². The molecule has 0 saturated heterocycles. The van der Waals surface area contributed by atoms with Gasteiger partial charge in [0.05, 0.1) is 23.4 Å². The highest BCUT2D eigenvalue weighted by Crippen LogP contribution is 2.31. The molecule has 170 valence electrons. The van der Waals surface area contributed by atoms with Gasteiger partial charge in [-0.05, 0) is 76.7 Å². The molecule has 3 aromatic rings. The highest BCUT2D eigenvalue weighted by atomic mass is 79.9. The minimum Gasteiger partial charge on any atom is -0.494 e.